The van der Waals surface area contributed by atoms with Crippen molar-refractivity contribution in [2.45, 2.75) is 39.5 Å². The van der Waals surface area contributed by atoms with Crippen molar-refractivity contribution in [1.29, 1.82) is 0 Å². The number of nitrogens with one attached hydrogen (secondary N) is 1. The maximum absolute atomic E-state index is 13.5. The number of ether oxygens (including phenoxy) is 1. The Morgan fingerprint density at radius 1 is 1.24 bits per heavy atom. The van der Waals surface area contributed by atoms with Crippen molar-refractivity contribution in [3.8, 4) is 5.75 Å². The van der Waals surface area contributed by atoms with E-state index < -0.39 is 5.82 Å². The molecule has 0 fully saturated rings. The Hall–Kier alpha value is -1.91. The van der Waals surface area contributed by atoms with Crippen LogP contribution >= 0.6 is 0 Å². The minimum atomic E-state index is -0.639. The molecule has 0 unspecified atom stereocenters. The lowest BCUT2D eigenvalue weighted by Gasteiger charge is -2.08. The molecular weight excluding hydrogens is 273 g/mol. The zero-order chi connectivity index (χ0) is 15.7. The smallest absolute Gasteiger partial charge is 0.257 e. The maximum atomic E-state index is 13.5. The van der Waals surface area contributed by atoms with Crippen LogP contribution in [0.4, 0.5) is 4.39 Å². The van der Waals surface area contributed by atoms with Gasteiger partial charge in [0.25, 0.3) is 5.91 Å². The van der Waals surface area contributed by atoms with Crippen molar-refractivity contribution in [3.63, 3.8) is 0 Å². The predicted octanol–water partition coefficient (Wildman–Crippen LogP) is 3.10. The molecule has 1 aromatic rings. The van der Waals surface area contributed by atoms with Gasteiger partial charge in [0.2, 0.25) is 0 Å². The third kappa shape index (κ3) is 6.38. The van der Waals surface area contributed by atoms with Crippen molar-refractivity contribution < 1.29 is 18.7 Å². The van der Waals surface area contributed by atoms with Crippen LogP contribution in [0.5, 0.6) is 5.75 Å². The number of benzene rings is 1. The summed E-state index contributed by atoms with van der Waals surface area (Å²) in [5, 5.41) is 2.74. The van der Waals surface area contributed by atoms with Crippen LogP contribution < -0.4 is 10.1 Å². The molecule has 0 saturated heterocycles. The molecule has 1 amide bonds. The Balaban J connectivity index is 2.33. The Bertz CT molecular complexity index is 488. The molecule has 0 bridgehead atoms. The number of hydrogen-bond acceptors (Lipinski definition) is 3. The van der Waals surface area contributed by atoms with Gasteiger partial charge in [-0.15, -0.1) is 0 Å². The summed E-state index contributed by atoms with van der Waals surface area (Å²) in [6.07, 6.45) is 4.35. The van der Waals surface area contributed by atoms with E-state index in [4.69, 9.17) is 4.74 Å². The molecule has 1 aromatic carbocycles. The normalized spacial score (nSPS) is 10.2. The fourth-order valence-corrected chi connectivity index (χ4v) is 1.85. The van der Waals surface area contributed by atoms with Gasteiger partial charge in [0.05, 0.1) is 5.56 Å². The van der Waals surface area contributed by atoms with Crippen LogP contribution in [0.2, 0.25) is 0 Å². The molecule has 0 radical (unpaired) electrons. The minimum Gasteiger partial charge on any atom is -0.484 e. The summed E-state index contributed by atoms with van der Waals surface area (Å²) in [5.74, 6) is -0.981. The monoisotopic (exact) mass is 295 g/mol. The first-order chi connectivity index (χ1) is 10.0. The van der Waals surface area contributed by atoms with Gasteiger partial charge >= 0.3 is 0 Å². The van der Waals surface area contributed by atoms with Gasteiger partial charge < -0.3 is 10.1 Å². The van der Waals surface area contributed by atoms with Gasteiger partial charge in [-0.3, -0.25) is 9.59 Å². The molecule has 116 valence electrons. The van der Waals surface area contributed by atoms with Crippen LogP contribution in [0.15, 0.2) is 18.2 Å². The standard InChI is InChI=1S/C16H22FNO3/c1-3-4-5-6-9-18-16(20)11-21-13-7-8-14(12(2)19)15(17)10-13/h7-8,10H,3-6,9,11H2,1-2H3,(H,18,20). The third-order valence-corrected chi connectivity index (χ3v) is 3.04. The van der Waals surface area contributed by atoms with Crippen LogP contribution in [0, 0.1) is 5.82 Å². The van der Waals surface area contributed by atoms with Crippen LogP contribution in [0.1, 0.15) is 49.9 Å². The highest BCUT2D eigenvalue weighted by Gasteiger charge is 2.09. The number of rotatable bonds is 9. The number of halogens is 1. The Kier molecular flexibility index (Phi) is 7.43. The highest BCUT2D eigenvalue weighted by molar-refractivity contribution is 5.94. The van der Waals surface area contributed by atoms with Crippen molar-refractivity contribution in [2.24, 2.45) is 0 Å². The fraction of sp³-hybridized carbons (Fsp3) is 0.500. The topological polar surface area (TPSA) is 55.4 Å². The van der Waals surface area contributed by atoms with Crippen LogP contribution in [-0.2, 0) is 4.79 Å². The van der Waals surface area contributed by atoms with E-state index in [9.17, 15) is 14.0 Å². The van der Waals surface area contributed by atoms with Gasteiger partial charge in [-0.05, 0) is 25.5 Å². The highest BCUT2D eigenvalue weighted by atomic mass is 19.1. The van der Waals surface area contributed by atoms with E-state index in [1.54, 1.807) is 0 Å². The van der Waals surface area contributed by atoms with E-state index in [2.05, 4.69) is 12.2 Å². The van der Waals surface area contributed by atoms with Crippen LogP contribution in [-0.4, -0.2) is 24.8 Å². The molecule has 0 spiro atoms. The molecule has 5 heteroatoms. The molecule has 0 saturated carbocycles. The first-order valence-electron chi connectivity index (χ1n) is 7.24. The number of unbranched alkanes of at least 4 members (excludes halogenated alkanes) is 3. The zero-order valence-electron chi connectivity index (χ0n) is 12.6. The van der Waals surface area contributed by atoms with Crippen LogP contribution in [0.25, 0.3) is 0 Å². The SMILES string of the molecule is CCCCCCNC(=O)COc1ccc(C(C)=O)c(F)c1. The van der Waals surface area contributed by atoms with E-state index >= 15 is 0 Å². The molecule has 0 aliphatic heterocycles. The first-order valence-corrected chi connectivity index (χ1v) is 7.24. The molecule has 1 N–H and O–H groups in total. The van der Waals surface area contributed by atoms with E-state index in [0.717, 1.165) is 31.7 Å². The van der Waals surface area contributed by atoms with Crippen molar-refractivity contribution in [2.75, 3.05) is 13.2 Å². The number of carbonyl (C=O) groups is 2. The third-order valence-electron chi connectivity index (χ3n) is 3.04. The molecule has 4 nitrogen and oxygen atoms in total. The number of Topliss-reactive ketones (excluding diaryl/α,β-unsaturated/α-hetero) is 1. The maximum Gasteiger partial charge on any atom is 0.257 e. The van der Waals surface area contributed by atoms with Gasteiger partial charge in [-0.1, -0.05) is 26.2 Å². The number of amides is 1. The second kappa shape index (κ2) is 9.10. The quantitative estimate of drug-likeness (QED) is 0.562. The second-order valence-electron chi connectivity index (χ2n) is 4.90. The highest BCUT2D eigenvalue weighted by Crippen LogP contribution is 2.17. The summed E-state index contributed by atoms with van der Waals surface area (Å²) in [7, 11) is 0. The van der Waals surface area contributed by atoms with E-state index in [1.165, 1.54) is 19.1 Å². The summed E-state index contributed by atoms with van der Waals surface area (Å²) in [6.45, 7) is 3.89. The fourth-order valence-electron chi connectivity index (χ4n) is 1.85. The largest absolute Gasteiger partial charge is 0.484 e. The summed E-state index contributed by atoms with van der Waals surface area (Å²) in [4.78, 5) is 22.6. The van der Waals surface area contributed by atoms with Gasteiger partial charge in [0, 0.05) is 12.6 Å². The predicted molar refractivity (Wildman–Crippen MR) is 79.1 cm³/mol. The van der Waals surface area contributed by atoms with E-state index in [-0.39, 0.29) is 29.6 Å². The van der Waals surface area contributed by atoms with Crippen molar-refractivity contribution in [3.05, 3.63) is 29.6 Å². The number of hydrogen-bond donors (Lipinski definition) is 1. The molecule has 0 aliphatic rings. The summed E-state index contributed by atoms with van der Waals surface area (Å²) < 4.78 is 18.7. The molecule has 0 atom stereocenters. The Morgan fingerprint density at radius 3 is 2.62 bits per heavy atom. The molecule has 0 aliphatic carbocycles. The number of carbonyl (C=O) groups excluding carboxylic acids is 2. The number of ketones is 1. The average Bonchev–Trinajstić information content (AvgIpc) is 2.44. The average molecular weight is 295 g/mol. The van der Waals surface area contributed by atoms with E-state index in [1.807, 2.05) is 0 Å². The molecule has 0 heterocycles. The van der Waals surface area contributed by atoms with Gasteiger partial charge in [-0.25, -0.2) is 4.39 Å². The Labute approximate surface area is 124 Å². The molecule has 0 aromatic heterocycles. The lowest BCUT2D eigenvalue weighted by atomic mass is 10.1. The summed E-state index contributed by atoms with van der Waals surface area (Å²) in [6, 6.07) is 3.95. The lowest BCUT2D eigenvalue weighted by Crippen LogP contribution is -2.29. The van der Waals surface area contributed by atoms with Gasteiger partial charge in [0.1, 0.15) is 11.6 Å². The summed E-state index contributed by atoms with van der Waals surface area (Å²) >= 11 is 0. The molecule has 21 heavy (non-hydrogen) atoms. The molecule has 1 rings (SSSR count). The minimum absolute atomic E-state index is 0.0164. The van der Waals surface area contributed by atoms with Crippen molar-refractivity contribution >= 4 is 11.7 Å². The first kappa shape index (κ1) is 17.1. The van der Waals surface area contributed by atoms with Gasteiger partial charge in [-0.2, -0.15) is 0 Å². The van der Waals surface area contributed by atoms with Gasteiger partial charge in [0.15, 0.2) is 12.4 Å². The Morgan fingerprint density at radius 2 is 2.00 bits per heavy atom. The lowest BCUT2D eigenvalue weighted by molar-refractivity contribution is -0.123. The zero-order valence-corrected chi connectivity index (χ0v) is 12.6. The second-order valence-corrected chi connectivity index (χ2v) is 4.90. The van der Waals surface area contributed by atoms with E-state index in [0.29, 0.717) is 6.54 Å². The molecular formula is C16H22FNO3. The van der Waals surface area contributed by atoms with Crippen molar-refractivity contribution in [1.82, 2.24) is 5.32 Å². The summed E-state index contributed by atoms with van der Waals surface area (Å²) in [5.41, 5.74) is 0.0164. The van der Waals surface area contributed by atoms with Crippen LogP contribution in [0.3, 0.4) is 0 Å².